The molecule has 0 aliphatic rings. The predicted molar refractivity (Wildman–Crippen MR) is 77.8 cm³/mol. The van der Waals surface area contributed by atoms with Crippen molar-refractivity contribution < 1.29 is 4.74 Å². The molecular weight excluding hydrogens is 238 g/mol. The van der Waals surface area contributed by atoms with Gasteiger partial charge in [-0.2, -0.15) is 5.10 Å². The summed E-state index contributed by atoms with van der Waals surface area (Å²) in [5.74, 6) is 1.12. The van der Waals surface area contributed by atoms with E-state index in [-0.39, 0.29) is 6.10 Å². The summed E-state index contributed by atoms with van der Waals surface area (Å²) in [7, 11) is 0. The van der Waals surface area contributed by atoms with Crippen LogP contribution in [0.3, 0.4) is 0 Å². The molecule has 0 fully saturated rings. The number of rotatable bonds is 4. The highest BCUT2D eigenvalue weighted by Gasteiger charge is 2.08. The number of nitrogens with zero attached hydrogens (tertiary/aromatic N) is 2. The number of hydrogen-bond donors (Lipinski definition) is 1. The van der Waals surface area contributed by atoms with Gasteiger partial charge >= 0.3 is 0 Å². The molecule has 0 unspecified atom stereocenters. The van der Waals surface area contributed by atoms with Crippen molar-refractivity contribution >= 4 is 5.69 Å². The summed E-state index contributed by atoms with van der Waals surface area (Å²) >= 11 is 0. The van der Waals surface area contributed by atoms with Gasteiger partial charge in [0.1, 0.15) is 5.75 Å². The van der Waals surface area contributed by atoms with Crippen LogP contribution in [-0.2, 0) is 0 Å². The molecule has 0 aliphatic heterocycles. The van der Waals surface area contributed by atoms with Crippen molar-refractivity contribution in [2.45, 2.75) is 39.7 Å². The largest absolute Gasteiger partial charge is 0.489 e. The molecule has 0 aliphatic carbocycles. The molecule has 0 saturated heterocycles. The van der Waals surface area contributed by atoms with E-state index in [0.29, 0.717) is 17.4 Å². The molecule has 0 saturated carbocycles. The Balaban J connectivity index is 2.33. The minimum absolute atomic E-state index is 0.0985. The molecule has 2 N–H and O–H groups in total. The van der Waals surface area contributed by atoms with Crippen LogP contribution < -0.4 is 10.5 Å². The Hall–Kier alpha value is -1.97. The molecule has 2 rings (SSSR count). The smallest absolute Gasteiger partial charge is 0.144 e. The van der Waals surface area contributed by atoms with Crippen LogP contribution in [0.1, 0.15) is 39.3 Å². The van der Waals surface area contributed by atoms with Crippen LogP contribution >= 0.6 is 0 Å². The van der Waals surface area contributed by atoms with E-state index in [1.807, 2.05) is 49.0 Å². The van der Waals surface area contributed by atoms with Crippen molar-refractivity contribution in [3.63, 3.8) is 0 Å². The first-order chi connectivity index (χ1) is 8.97. The number of nitrogens with two attached hydrogens (primary N) is 1. The molecular formula is C15H21N3O. The van der Waals surface area contributed by atoms with Gasteiger partial charge in [0.05, 0.1) is 23.2 Å². The molecule has 102 valence electrons. The van der Waals surface area contributed by atoms with Crippen LogP contribution in [0.25, 0.3) is 5.69 Å². The van der Waals surface area contributed by atoms with Crippen LogP contribution in [-0.4, -0.2) is 15.9 Å². The van der Waals surface area contributed by atoms with Crippen molar-refractivity contribution in [3.05, 3.63) is 36.2 Å². The van der Waals surface area contributed by atoms with E-state index < -0.39 is 0 Å². The molecule has 2 aromatic rings. The van der Waals surface area contributed by atoms with Gasteiger partial charge in [-0.1, -0.05) is 13.8 Å². The Morgan fingerprint density at radius 2 is 1.89 bits per heavy atom. The zero-order chi connectivity index (χ0) is 14.0. The standard InChI is InChI=1S/C15H21N3O/c1-10(2)14-7-8-18(17-14)12-5-6-13(16)15(9-12)19-11(3)4/h5-11H,16H2,1-4H3. The number of aromatic nitrogens is 2. The van der Waals surface area contributed by atoms with Gasteiger partial charge in [-0.25, -0.2) is 4.68 Å². The Bertz CT molecular complexity index is 558. The quantitative estimate of drug-likeness (QED) is 0.856. The van der Waals surface area contributed by atoms with E-state index in [2.05, 4.69) is 18.9 Å². The van der Waals surface area contributed by atoms with Crippen molar-refractivity contribution in [2.75, 3.05) is 5.73 Å². The summed E-state index contributed by atoms with van der Waals surface area (Å²) < 4.78 is 7.54. The molecule has 0 atom stereocenters. The average molecular weight is 259 g/mol. The van der Waals surface area contributed by atoms with Gasteiger partial charge in [-0.05, 0) is 38.0 Å². The lowest BCUT2D eigenvalue weighted by Gasteiger charge is -2.13. The molecule has 19 heavy (non-hydrogen) atoms. The maximum atomic E-state index is 5.91. The van der Waals surface area contributed by atoms with Crippen molar-refractivity contribution in [2.24, 2.45) is 0 Å². The zero-order valence-electron chi connectivity index (χ0n) is 11.9. The highest BCUT2D eigenvalue weighted by molar-refractivity contribution is 5.57. The molecule has 0 spiro atoms. The van der Waals surface area contributed by atoms with E-state index >= 15 is 0 Å². The van der Waals surface area contributed by atoms with Crippen molar-refractivity contribution in [1.29, 1.82) is 0 Å². The second-order valence-electron chi connectivity index (χ2n) is 5.23. The third kappa shape index (κ3) is 3.08. The van der Waals surface area contributed by atoms with Crippen LogP contribution in [0.4, 0.5) is 5.69 Å². The third-order valence-electron chi connectivity index (χ3n) is 2.83. The molecule has 1 aromatic carbocycles. The highest BCUT2D eigenvalue weighted by Crippen LogP contribution is 2.26. The summed E-state index contributed by atoms with van der Waals surface area (Å²) in [5.41, 5.74) is 8.59. The normalized spacial score (nSPS) is 11.3. The van der Waals surface area contributed by atoms with E-state index in [4.69, 9.17) is 10.5 Å². The molecule has 1 aromatic heterocycles. The highest BCUT2D eigenvalue weighted by atomic mass is 16.5. The Labute approximate surface area is 114 Å². The zero-order valence-corrected chi connectivity index (χ0v) is 11.9. The van der Waals surface area contributed by atoms with Crippen LogP contribution in [0.15, 0.2) is 30.5 Å². The number of ether oxygens (including phenoxy) is 1. The monoisotopic (exact) mass is 259 g/mol. The summed E-state index contributed by atoms with van der Waals surface area (Å²) in [6.45, 7) is 8.22. The lowest BCUT2D eigenvalue weighted by atomic mass is 10.1. The number of benzene rings is 1. The molecule has 4 nitrogen and oxygen atoms in total. The number of nitrogen functional groups attached to an aromatic ring is 1. The topological polar surface area (TPSA) is 53.1 Å². The van der Waals surface area contributed by atoms with E-state index in [1.54, 1.807) is 0 Å². The van der Waals surface area contributed by atoms with Crippen LogP contribution in [0.2, 0.25) is 0 Å². The van der Waals surface area contributed by atoms with Crippen LogP contribution in [0.5, 0.6) is 5.75 Å². The number of hydrogen-bond acceptors (Lipinski definition) is 3. The molecule has 0 bridgehead atoms. The summed E-state index contributed by atoms with van der Waals surface area (Å²) in [4.78, 5) is 0. The lowest BCUT2D eigenvalue weighted by Crippen LogP contribution is -2.08. The van der Waals surface area contributed by atoms with Gasteiger partial charge in [0.2, 0.25) is 0 Å². The van der Waals surface area contributed by atoms with Gasteiger partial charge < -0.3 is 10.5 Å². The lowest BCUT2D eigenvalue weighted by molar-refractivity contribution is 0.244. The molecule has 1 heterocycles. The van der Waals surface area contributed by atoms with E-state index in [0.717, 1.165) is 11.4 Å². The first-order valence-electron chi connectivity index (χ1n) is 6.59. The van der Waals surface area contributed by atoms with Gasteiger partial charge in [0.15, 0.2) is 0 Å². The molecule has 0 radical (unpaired) electrons. The maximum absolute atomic E-state index is 5.91. The summed E-state index contributed by atoms with van der Waals surface area (Å²) in [6.07, 6.45) is 2.06. The second kappa shape index (κ2) is 5.34. The van der Waals surface area contributed by atoms with Gasteiger partial charge in [-0.15, -0.1) is 0 Å². The summed E-state index contributed by atoms with van der Waals surface area (Å²) in [5, 5.41) is 4.55. The molecule has 4 heteroatoms. The minimum atomic E-state index is 0.0985. The summed E-state index contributed by atoms with van der Waals surface area (Å²) in [6, 6.07) is 7.75. The Morgan fingerprint density at radius 3 is 2.47 bits per heavy atom. The fourth-order valence-electron chi connectivity index (χ4n) is 1.81. The fourth-order valence-corrected chi connectivity index (χ4v) is 1.81. The van der Waals surface area contributed by atoms with E-state index in [1.165, 1.54) is 0 Å². The number of anilines is 1. The maximum Gasteiger partial charge on any atom is 0.144 e. The third-order valence-corrected chi connectivity index (χ3v) is 2.83. The first-order valence-corrected chi connectivity index (χ1v) is 6.59. The predicted octanol–water partition coefficient (Wildman–Crippen LogP) is 3.37. The average Bonchev–Trinajstić information content (AvgIpc) is 2.81. The van der Waals surface area contributed by atoms with Gasteiger partial charge in [-0.3, -0.25) is 0 Å². The Kier molecular flexibility index (Phi) is 3.79. The second-order valence-corrected chi connectivity index (χ2v) is 5.23. The van der Waals surface area contributed by atoms with Gasteiger partial charge in [0, 0.05) is 12.3 Å². The first kappa shape index (κ1) is 13.5. The van der Waals surface area contributed by atoms with Gasteiger partial charge in [0.25, 0.3) is 0 Å². The Morgan fingerprint density at radius 1 is 1.16 bits per heavy atom. The van der Waals surface area contributed by atoms with Crippen molar-refractivity contribution in [3.8, 4) is 11.4 Å². The van der Waals surface area contributed by atoms with E-state index in [9.17, 15) is 0 Å². The fraction of sp³-hybridized carbons (Fsp3) is 0.400. The SMILES string of the molecule is CC(C)Oc1cc(-n2ccc(C(C)C)n2)ccc1N. The minimum Gasteiger partial charge on any atom is -0.489 e. The van der Waals surface area contributed by atoms with Crippen molar-refractivity contribution in [1.82, 2.24) is 9.78 Å². The van der Waals surface area contributed by atoms with Crippen LogP contribution in [0, 0.1) is 0 Å². The molecule has 0 amide bonds.